The van der Waals surface area contributed by atoms with Gasteiger partial charge in [-0.2, -0.15) is 13.2 Å². The Bertz CT molecular complexity index is 1270. The third-order valence-corrected chi connectivity index (χ3v) is 5.48. The molecule has 0 spiro atoms. The summed E-state index contributed by atoms with van der Waals surface area (Å²) in [4.78, 5) is 24.5. The van der Waals surface area contributed by atoms with Gasteiger partial charge in [0.25, 0.3) is 11.8 Å². The van der Waals surface area contributed by atoms with Crippen LogP contribution in [-0.2, 0) is 22.3 Å². The number of thiocarbonyl (C=S) groups is 1. The number of fused-ring (bicyclic) bond motifs is 1. The zero-order chi connectivity index (χ0) is 23.8. The smallest absolute Gasteiger partial charge is 0.416 e. The molecule has 4 rings (SSSR count). The zero-order valence-corrected chi connectivity index (χ0v) is 18.1. The van der Waals surface area contributed by atoms with E-state index in [9.17, 15) is 22.8 Å². The average molecular weight is 473 g/mol. The molecular weight excluding hydrogens is 455 g/mol. The Morgan fingerprint density at radius 1 is 1.03 bits per heavy atom. The van der Waals surface area contributed by atoms with E-state index < -0.39 is 23.6 Å². The highest BCUT2D eigenvalue weighted by Crippen LogP contribution is 2.31. The standard InChI is InChI=1S/C23H18F3N3O3S/c1-13-17(12-18-20(30)27-22(33)28-21(18)31)16-4-2-3-5-19(16)29(13)10-11-32-15-8-6-14(7-9-15)23(24,25)26/h2-9,12H,10-11H2,1H3,(H2,27,28,30,31,33). The number of nitrogens with one attached hydrogen (secondary N) is 2. The SMILES string of the molecule is Cc1c(C=C2C(=O)NC(=S)NC2=O)c2ccccc2n1CCOc1ccc(C(F)(F)F)cc1. The van der Waals surface area contributed by atoms with E-state index in [1.54, 1.807) is 0 Å². The van der Waals surface area contributed by atoms with Crippen molar-refractivity contribution in [3.63, 3.8) is 0 Å². The van der Waals surface area contributed by atoms with Gasteiger partial charge in [0.15, 0.2) is 5.11 Å². The Labute approximate surface area is 192 Å². The first-order valence-corrected chi connectivity index (χ1v) is 10.3. The van der Waals surface area contributed by atoms with Gasteiger partial charge in [0.2, 0.25) is 0 Å². The van der Waals surface area contributed by atoms with E-state index in [4.69, 9.17) is 17.0 Å². The van der Waals surface area contributed by atoms with Gasteiger partial charge in [0.1, 0.15) is 17.9 Å². The molecule has 0 unspecified atom stereocenters. The summed E-state index contributed by atoms with van der Waals surface area (Å²) in [6.45, 7) is 2.46. The summed E-state index contributed by atoms with van der Waals surface area (Å²) in [6.07, 6.45) is -2.88. The number of amides is 2. The minimum Gasteiger partial charge on any atom is -0.492 e. The molecule has 1 fully saturated rings. The van der Waals surface area contributed by atoms with Crippen LogP contribution in [0.2, 0.25) is 0 Å². The fraction of sp³-hybridized carbons (Fsp3) is 0.174. The van der Waals surface area contributed by atoms with E-state index >= 15 is 0 Å². The summed E-state index contributed by atoms with van der Waals surface area (Å²) in [6, 6.07) is 12.0. The number of halogens is 3. The molecule has 0 radical (unpaired) electrons. The van der Waals surface area contributed by atoms with Crippen LogP contribution in [0, 0.1) is 6.92 Å². The van der Waals surface area contributed by atoms with Crippen LogP contribution in [0.3, 0.4) is 0 Å². The van der Waals surface area contributed by atoms with Crippen LogP contribution in [0.4, 0.5) is 13.2 Å². The highest BCUT2D eigenvalue weighted by Gasteiger charge is 2.30. The third-order valence-electron chi connectivity index (χ3n) is 5.28. The maximum atomic E-state index is 12.7. The molecule has 0 saturated carbocycles. The second kappa shape index (κ2) is 8.70. The largest absolute Gasteiger partial charge is 0.492 e. The van der Waals surface area contributed by atoms with E-state index in [0.717, 1.165) is 28.7 Å². The predicted molar refractivity (Wildman–Crippen MR) is 120 cm³/mol. The number of rotatable bonds is 5. The van der Waals surface area contributed by atoms with Crippen molar-refractivity contribution in [2.75, 3.05) is 6.61 Å². The van der Waals surface area contributed by atoms with Crippen LogP contribution in [0.5, 0.6) is 5.75 Å². The van der Waals surface area contributed by atoms with Gasteiger partial charge in [-0.25, -0.2) is 0 Å². The van der Waals surface area contributed by atoms with Crippen molar-refractivity contribution in [2.45, 2.75) is 19.6 Å². The molecule has 170 valence electrons. The van der Waals surface area contributed by atoms with Crippen molar-refractivity contribution in [3.8, 4) is 5.75 Å². The van der Waals surface area contributed by atoms with Gasteiger partial charge >= 0.3 is 6.18 Å². The van der Waals surface area contributed by atoms with Crippen molar-refractivity contribution >= 4 is 46.1 Å². The first kappa shape index (κ1) is 22.5. The average Bonchev–Trinajstić information content (AvgIpc) is 3.01. The minimum atomic E-state index is -4.40. The zero-order valence-electron chi connectivity index (χ0n) is 17.3. The summed E-state index contributed by atoms with van der Waals surface area (Å²) < 4.78 is 45.8. The molecule has 2 heterocycles. The predicted octanol–water partition coefficient (Wildman–Crippen LogP) is 3.96. The highest BCUT2D eigenvalue weighted by molar-refractivity contribution is 7.80. The molecule has 10 heteroatoms. The van der Waals surface area contributed by atoms with Gasteiger partial charge in [-0.1, -0.05) is 18.2 Å². The lowest BCUT2D eigenvalue weighted by Gasteiger charge is -2.16. The van der Waals surface area contributed by atoms with Crippen molar-refractivity contribution in [1.82, 2.24) is 15.2 Å². The van der Waals surface area contributed by atoms with Crippen LogP contribution in [0.1, 0.15) is 16.8 Å². The molecule has 3 aromatic rings. The van der Waals surface area contributed by atoms with Crippen LogP contribution in [-0.4, -0.2) is 28.1 Å². The lowest BCUT2D eigenvalue weighted by atomic mass is 10.1. The monoisotopic (exact) mass is 473 g/mol. The Morgan fingerprint density at radius 3 is 2.30 bits per heavy atom. The second-order valence-electron chi connectivity index (χ2n) is 7.33. The third kappa shape index (κ3) is 4.61. The van der Waals surface area contributed by atoms with Gasteiger partial charge in [0.05, 0.1) is 12.1 Å². The molecule has 2 amide bonds. The summed E-state index contributed by atoms with van der Waals surface area (Å²) in [5.74, 6) is -0.831. The molecule has 1 aromatic heterocycles. The quantitative estimate of drug-likeness (QED) is 0.334. The van der Waals surface area contributed by atoms with Gasteiger partial charge in [-0.3, -0.25) is 20.2 Å². The molecule has 0 bridgehead atoms. The number of nitrogens with zero attached hydrogens (tertiary/aromatic N) is 1. The first-order chi connectivity index (χ1) is 15.6. The number of carbonyl (C=O) groups excluding carboxylic acids is 2. The number of para-hydroxylation sites is 1. The van der Waals surface area contributed by atoms with Gasteiger partial charge in [-0.15, -0.1) is 0 Å². The van der Waals surface area contributed by atoms with Crippen LogP contribution in [0.15, 0.2) is 54.1 Å². The number of alkyl halides is 3. The van der Waals surface area contributed by atoms with Crippen molar-refractivity contribution in [3.05, 3.63) is 70.9 Å². The van der Waals surface area contributed by atoms with Crippen molar-refractivity contribution in [2.24, 2.45) is 0 Å². The highest BCUT2D eigenvalue weighted by atomic mass is 32.1. The molecule has 2 aromatic carbocycles. The molecule has 1 aliphatic rings. The van der Waals surface area contributed by atoms with Crippen LogP contribution in [0.25, 0.3) is 17.0 Å². The normalized spacial score (nSPS) is 14.3. The molecular formula is C23H18F3N3O3S. The van der Waals surface area contributed by atoms with Gasteiger partial charge < -0.3 is 9.30 Å². The van der Waals surface area contributed by atoms with Gasteiger partial charge in [0, 0.05) is 22.2 Å². The summed E-state index contributed by atoms with van der Waals surface area (Å²) in [5.41, 5.74) is 1.57. The Balaban J connectivity index is 1.59. The lowest BCUT2D eigenvalue weighted by molar-refractivity contribution is -0.137. The van der Waals surface area contributed by atoms with Crippen molar-refractivity contribution < 1.29 is 27.5 Å². The Morgan fingerprint density at radius 2 is 1.67 bits per heavy atom. The number of aromatic nitrogens is 1. The molecule has 33 heavy (non-hydrogen) atoms. The van der Waals surface area contributed by atoms with E-state index in [-0.39, 0.29) is 17.3 Å². The maximum Gasteiger partial charge on any atom is 0.416 e. The van der Waals surface area contributed by atoms with Gasteiger partial charge in [-0.05, 0) is 55.5 Å². The van der Waals surface area contributed by atoms with Crippen LogP contribution >= 0.6 is 12.2 Å². The molecule has 0 atom stereocenters. The van der Waals surface area contributed by atoms with Crippen LogP contribution < -0.4 is 15.4 Å². The summed E-state index contributed by atoms with van der Waals surface area (Å²) >= 11 is 4.83. The molecule has 2 N–H and O–H groups in total. The maximum absolute atomic E-state index is 12.7. The topological polar surface area (TPSA) is 72.4 Å². The Hall–Kier alpha value is -3.66. The number of hydrogen-bond donors (Lipinski definition) is 2. The first-order valence-electron chi connectivity index (χ1n) is 9.91. The summed E-state index contributed by atoms with van der Waals surface area (Å²) in [5, 5.41) is 5.63. The van der Waals surface area contributed by atoms with E-state index in [1.165, 1.54) is 18.2 Å². The lowest BCUT2D eigenvalue weighted by Crippen LogP contribution is -2.51. The second-order valence-corrected chi connectivity index (χ2v) is 7.74. The number of benzene rings is 2. The number of ether oxygens (including phenoxy) is 1. The summed E-state index contributed by atoms with van der Waals surface area (Å²) in [7, 11) is 0. The van der Waals surface area contributed by atoms with E-state index in [0.29, 0.717) is 17.9 Å². The van der Waals surface area contributed by atoms with E-state index in [2.05, 4.69) is 10.6 Å². The number of carbonyl (C=O) groups is 2. The van der Waals surface area contributed by atoms with E-state index in [1.807, 2.05) is 35.8 Å². The Kier molecular flexibility index (Phi) is 5.94. The van der Waals surface area contributed by atoms with Crippen molar-refractivity contribution in [1.29, 1.82) is 0 Å². The molecule has 1 saturated heterocycles. The molecule has 0 aliphatic carbocycles. The fourth-order valence-electron chi connectivity index (χ4n) is 3.67. The fourth-order valence-corrected chi connectivity index (χ4v) is 3.86. The number of hydrogen-bond acceptors (Lipinski definition) is 4. The molecule has 6 nitrogen and oxygen atoms in total. The minimum absolute atomic E-state index is 0.0401. The molecule has 1 aliphatic heterocycles.